The number of nitrogens with one attached hydrogen (secondary N) is 2. The van der Waals surface area contributed by atoms with Gasteiger partial charge in [0, 0.05) is 27.0 Å². The number of H-pyrrole nitrogens is 1. The average Bonchev–Trinajstić information content (AvgIpc) is 3.33. The molecular weight excluding hydrogens is 450 g/mol. The van der Waals surface area contributed by atoms with E-state index in [0.717, 1.165) is 28.8 Å². The van der Waals surface area contributed by atoms with Crippen molar-refractivity contribution in [1.82, 2.24) is 9.88 Å². The molecule has 2 aromatic heterocycles. The van der Waals surface area contributed by atoms with Crippen LogP contribution in [0.15, 0.2) is 70.8 Å². The maximum absolute atomic E-state index is 12.9. The molecule has 7 heteroatoms. The van der Waals surface area contributed by atoms with Crippen LogP contribution in [0.25, 0.3) is 10.9 Å². The number of pyridine rings is 1. The zero-order valence-electron chi connectivity index (χ0n) is 18.8. The number of para-hydroxylation sites is 1. The second-order valence-corrected chi connectivity index (χ2v) is 9.10. The third kappa shape index (κ3) is 5.61. The highest BCUT2D eigenvalue weighted by Crippen LogP contribution is 2.22. The molecule has 170 valence electrons. The molecule has 0 radical (unpaired) electrons. The average molecular weight is 478 g/mol. The molecule has 0 fully saturated rings. The van der Waals surface area contributed by atoms with Gasteiger partial charge in [-0.05, 0) is 72.9 Å². The van der Waals surface area contributed by atoms with Crippen LogP contribution < -0.4 is 15.6 Å². The number of aromatic nitrogens is 1. The summed E-state index contributed by atoms with van der Waals surface area (Å²) >= 11 is 7.49. The first-order valence-corrected chi connectivity index (χ1v) is 12.3. The number of ether oxygens (including phenoxy) is 1. The van der Waals surface area contributed by atoms with Gasteiger partial charge in [0.25, 0.3) is 5.56 Å². The van der Waals surface area contributed by atoms with Crippen molar-refractivity contribution >= 4 is 45.3 Å². The Morgan fingerprint density at radius 2 is 1.91 bits per heavy atom. The van der Waals surface area contributed by atoms with Crippen LogP contribution in [-0.4, -0.2) is 21.6 Å². The fourth-order valence-electron chi connectivity index (χ4n) is 3.74. The van der Waals surface area contributed by atoms with E-state index in [4.69, 9.17) is 17.0 Å². The van der Waals surface area contributed by atoms with Crippen molar-refractivity contribution in [1.29, 1.82) is 0 Å². The van der Waals surface area contributed by atoms with E-state index in [-0.39, 0.29) is 5.56 Å². The number of thiocarbonyl (C=S) groups is 1. The number of rotatable bonds is 8. The monoisotopic (exact) mass is 477 g/mol. The van der Waals surface area contributed by atoms with Crippen LogP contribution in [0.3, 0.4) is 0 Å². The predicted octanol–water partition coefficient (Wildman–Crippen LogP) is 5.95. The summed E-state index contributed by atoms with van der Waals surface area (Å²) in [5.41, 5.74) is 3.52. The summed E-state index contributed by atoms with van der Waals surface area (Å²) in [6, 6.07) is 19.9. The van der Waals surface area contributed by atoms with E-state index < -0.39 is 0 Å². The third-order valence-electron chi connectivity index (χ3n) is 5.42. The van der Waals surface area contributed by atoms with Crippen molar-refractivity contribution in [2.24, 2.45) is 0 Å². The predicted molar refractivity (Wildman–Crippen MR) is 141 cm³/mol. The summed E-state index contributed by atoms with van der Waals surface area (Å²) in [5, 5.41) is 6.98. The van der Waals surface area contributed by atoms with Gasteiger partial charge in [-0.2, -0.15) is 0 Å². The molecule has 4 rings (SSSR count). The molecule has 0 aliphatic rings. The van der Waals surface area contributed by atoms with Crippen LogP contribution in [0.1, 0.15) is 29.9 Å². The summed E-state index contributed by atoms with van der Waals surface area (Å²) in [4.78, 5) is 19.1. The first-order chi connectivity index (χ1) is 16.1. The Morgan fingerprint density at radius 3 is 2.67 bits per heavy atom. The lowest BCUT2D eigenvalue weighted by molar-refractivity contribution is 0.340. The van der Waals surface area contributed by atoms with Gasteiger partial charge in [-0.25, -0.2) is 0 Å². The third-order valence-corrected chi connectivity index (χ3v) is 6.64. The Balaban J connectivity index is 1.64. The molecule has 0 bridgehead atoms. The molecular formula is C26H27N3O2S2. The number of nitrogens with zero attached hydrogens (tertiary/aromatic N) is 1. The zero-order valence-corrected chi connectivity index (χ0v) is 20.4. The molecule has 0 saturated carbocycles. The number of benzene rings is 2. The van der Waals surface area contributed by atoms with Gasteiger partial charge >= 0.3 is 0 Å². The standard InChI is InChI=1S/C26H27N3O2S2/c1-3-18-8-5-6-10-23(18)28-26(32)29(17-22-9-7-13-33-22)16-20-14-19-15-21(31-4-2)11-12-24(19)27-25(20)30/h5-15H,3-4,16-17H2,1-2H3,(H,27,30)(H,28,32). The molecule has 2 aromatic carbocycles. The molecule has 0 aliphatic heterocycles. The molecule has 33 heavy (non-hydrogen) atoms. The topological polar surface area (TPSA) is 57.4 Å². The molecule has 5 nitrogen and oxygen atoms in total. The maximum atomic E-state index is 12.9. The van der Waals surface area contributed by atoms with Crippen molar-refractivity contribution in [3.8, 4) is 5.75 Å². The van der Waals surface area contributed by atoms with Gasteiger partial charge in [-0.1, -0.05) is 31.2 Å². The van der Waals surface area contributed by atoms with E-state index in [1.54, 1.807) is 11.3 Å². The fourth-order valence-corrected chi connectivity index (χ4v) is 4.70. The van der Waals surface area contributed by atoms with Crippen molar-refractivity contribution in [3.05, 3.63) is 92.4 Å². The number of thiophene rings is 1. The molecule has 0 unspecified atom stereocenters. The van der Waals surface area contributed by atoms with Gasteiger partial charge in [-0.3, -0.25) is 4.79 Å². The Hall–Kier alpha value is -3.16. The minimum atomic E-state index is -0.111. The summed E-state index contributed by atoms with van der Waals surface area (Å²) in [6.07, 6.45) is 0.906. The van der Waals surface area contributed by atoms with E-state index >= 15 is 0 Å². The molecule has 0 aliphatic carbocycles. The van der Waals surface area contributed by atoms with Crippen LogP contribution >= 0.6 is 23.6 Å². The van der Waals surface area contributed by atoms with Crippen LogP contribution in [0.5, 0.6) is 5.75 Å². The highest BCUT2D eigenvalue weighted by molar-refractivity contribution is 7.80. The fraction of sp³-hybridized carbons (Fsp3) is 0.231. The van der Waals surface area contributed by atoms with E-state index in [9.17, 15) is 4.79 Å². The minimum absolute atomic E-state index is 0.111. The van der Waals surface area contributed by atoms with Gasteiger partial charge in [0.1, 0.15) is 5.75 Å². The van der Waals surface area contributed by atoms with Crippen LogP contribution in [0.2, 0.25) is 0 Å². The summed E-state index contributed by atoms with van der Waals surface area (Å²) in [5.74, 6) is 0.784. The van der Waals surface area contributed by atoms with Crippen LogP contribution in [0, 0.1) is 0 Å². The summed E-state index contributed by atoms with van der Waals surface area (Å²) < 4.78 is 5.63. The van der Waals surface area contributed by atoms with Crippen LogP contribution in [0.4, 0.5) is 5.69 Å². The highest BCUT2D eigenvalue weighted by atomic mass is 32.1. The Labute approximate surface area is 203 Å². The number of aromatic amines is 1. The minimum Gasteiger partial charge on any atom is -0.494 e. The SMILES string of the molecule is CCOc1ccc2[nH]c(=O)c(CN(Cc3cccs3)C(=S)Nc3ccccc3CC)cc2c1. The summed E-state index contributed by atoms with van der Waals surface area (Å²) in [6.45, 7) is 5.68. The van der Waals surface area contributed by atoms with E-state index in [2.05, 4.69) is 34.7 Å². The largest absolute Gasteiger partial charge is 0.494 e. The molecule has 2 heterocycles. The van der Waals surface area contributed by atoms with E-state index in [0.29, 0.717) is 30.4 Å². The lowest BCUT2D eigenvalue weighted by atomic mass is 10.1. The number of fused-ring (bicyclic) bond motifs is 1. The van der Waals surface area contributed by atoms with Crippen molar-refractivity contribution in [2.75, 3.05) is 11.9 Å². The molecule has 4 aromatic rings. The Kier molecular flexibility index (Phi) is 7.42. The number of anilines is 1. The Bertz CT molecular complexity index is 1300. The molecule has 0 spiro atoms. The molecule has 2 N–H and O–H groups in total. The molecule has 0 saturated heterocycles. The van der Waals surface area contributed by atoms with Gasteiger partial charge < -0.3 is 19.9 Å². The number of aryl methyl sites for hydroxylation is 1. The maximum Gasteiger partial charge on any atom is 0.253 e. The van der Waals surface area contributed by atoms with Crippen molar-refractivity contribution < 1.29 is 4.74 Å². The smallest absolute Gasteiger partial charge is 0.253 e. The van der Waals surface area contributed by atoms with Crippen molar-refractivity contribution in [3.63, 3.8) is 0 Å². The quantitative estimate of drug-likeness (QED) is 0.307. The van der Waals surface area contributed by atoms with Gasteiger partial charge in [0.2, 0.25) is 0 Å². The lowest BCUT2D eigenvalue weighted by Gasteiger charge is -2.26. The normalized spacial score (nSPS) is 10.8. The summed E-state index contributed by atoms with van der Waals surface area (Å²) in [7, 11) is 0. The first kappa shape index (κ1) is 23.0. The molecule has 0 atom stereocenters. The van der Waals surface area contributed by atoms with Gasteiger partial charge in [0.05, 0.1) is 19.7 Å². The van der Waals surface area contributed by atoms with Gasteiger partial charge in [-0.15, -0.1) is 11.3 Å². The number of hydrogen-bond acceptors (Lipinski definition) is 4. The highest BCUT2D eigenvalue weighted by Gasteiger charge is 2.16. The second-order valence-electron chi connectivity index (χ2n) is 7.68. The number of hydrogen-bond donors (Lipinski definition) is 2. The lowest BCUT2D eigenvalue weighted by Crippen LogP contribution is -2.35. The van der Waals surface area contributed by atoms with Crippen LogP contribution in [-0.2, 0) is 19.5 Å². The van der Waals surface area contributed by atoms with E-state index in [1.165, 1.54) is 10.4 Å². The van der Waals surface area contributed by atoms with Crippen molar-refractivity contribution in [2.45, 2.75) is 33.4 Å². The Morgan fingerprint density at radius 1 is 1.06 bits per heavy atom. The molecule has 0 amide bonds. The van der Waals surface area contributed by atoms with E-state index in [1.807, 2.05) is 60.4 Å². The zero-order chi connectivity index (χ0) is 23.2. The second kappa shape index (κ2) is 10.6. The first-order valence-electron chi connectivity index (χ1n) is 11.0. The van der Waals surface area contributed by atoms with Gasteiger partial charge in [0.15, 0.2) is 5.11 Å².